The molecule has 1 aromatic heterocycles. The number of amides is 2. The van der Waals surface area contributed by atoms with E-state index in [1.54, 1.807) is 17.0 Å². The van der Waals surface area contributed by atoms with Crippen LogP contribution in [-0.4, -0.2) is 39.9 Å². The summed E-state index contributed by atoms with van der Waals surface area (Å²) in [5.74, 6) is -1.28. The van der Waals surface area contributed by atoms with Crippen LogP contribution in [0.1, 0.15) is 37.9 Å². The van der Waals surface area contributed by atoms with E-state index in [0.29, 0.717) is 31.7 Å². The zero-order valence-electron chi connectivity index (χ0n) is 12.8. The summed E-state index contributed by atoms with van der Waals surface area (Å²) >= 11 is 0. The highest BCUT2D eigenvalue weighted by molar-refractivity contribution is 5.92. The fourth-order valence-electron chi connectivity index (χ4n) is 3.40. The molecule has 0 aromatic carbocycles. The quantitative estimate of drug-likeness (QED) is 0.847. The molecule has 2 heterocycles. The highest BCUT2D eigenvalue weighted by Gasteiger charge is 2.45. The van der Waals surface area contributed by atoms with Gasteiger partial charge in [-0.3, -0.25) is 9.59 Å². The zero-order chi connectivity index (χ0) is 16.4. The van der Waals surface area contributed by atoms with Crippen LogP contribution in [0.15, 0.2) is 22.8 Å². The second-order valence-electron chi connectivity index (χ2n) is 6.34. The average molecular weight is 320 g/mol. The smallest absolute Gasteiger partial charge is 0.329 e. The van der Waals surface area contributed by atoms with Gasteiger partial charge >= 0.3 is 5.97 Å². The summed E-state index contributed by atoms with van der Waals surface area (Å²) < 4.78 is 5.22. The van der Waals surface area contributed by atoms with Crippen molar-refractivity contribution in [2.75, 3.05) is 6.54 Å². The number of carboxylic acid groups (broad SMARTS) is 1. The maximum Gasteiger partial charge on any atom is 0.329 e. The van der Waals surface area contributed by atoms with Crippen LogP contribution in [0, 0.1) is 5.92 Å². The van der Waals surface area contributed by atoms with Crippen molar-refractivity contribution in [3.8, 4) is 0 Å². The second-order valence-corrected chi connectivity index (χ2v) is 6.34. The molecule has 7 nitrogen and oxygen atoms in total. The lowest BCUT2D eigenvalue weighted by atomic mass is 9.96. The fraction of sp³-hybridized carbons (Fsp3) is 0.562. The van der Waals surface area contributed by atoms with Gasteiger partial charge in [0.05, 0.1) is 18.7 Å². The number of carbonyl (C=O) groups is 3. The van der Waals surface area contributed by atoms with E-state index in [-0.39, 0.29) is 18.2 Å². The highest BCUT2D eigenvalue weighted by atomic mass is 16.4. The molecule has 1 saturated heterocycles. The van der Waals surface area contributed by atoms with Crippen molar-refractivity contribution in [3.63, 3.8) is 0 Å². The van der Waals surface area contributed by atoms with Gasteiger partial charge in [0.2, 0.25) is 11.8 Å². The first kappa shape index (κ1) is 15.6. The molecule has 3 rings (SSSR count). The van der Waals surface area contributed by atoms with Crippen molar-refractivity contribution in [2.24, 2.45) is 5.92 Å². The van der Waals surface area contributed by atoms with Gasteiger partial charge in [-0.1, -0.05) is 12.8 Å². The first-order chi connectivity index (χ1) is 11.0. The minimum absolute atomic E-state index is 0.113. The molecule has 0 unspecified atom stereocenters. The Morgan fingerprint density at radius 1 is 1.39 bits per heavy atom. The molecule has 1 aromatic rings. The lowest BCUT2D eigenvalue weighted by Crippen LogP contribution is -2.54. The molecule has 1 aliphatic heterocycles. The number of furan rings is 1. The predicted molar refractivity (Wildman–Crippen MR) is 79.2 cm³/mol. The molecular weight excluding hydrogens is 300 g/mol. The first-order valence-corrected chi connectivity index (χ1v) is 7.86. The Kier molecular flexibility index (Phi) is 4.11. The van der Waals surface area contributed by atoms with Gasteiger partial charge in [-0.05, 0) is 25.0 Å². The van der Waals surface area contributed by atoms with Crippen molar-refractivity contribution in [2.45, 2.75) is 44.2 Å². The maximum absolute atomic E-state index is 12.4. The molecule has 1 aliphatic carbocycles. The van der Waals surface area contributed by atoms with Crippen LogP contribution in [0.5, 0.6) is 0 Å². The minimum Gasteiger partial charge on any atom is -0.480 e. The molecule has 7 heteroatoms. The maximum atomic E-state index is 12.4. The van der Waals surface area contributed by atoms with E-state index >= 15 is 0 Å². The number of nitrogens with zero attached hydrogens (tertiary/aromatic N) is 1. The van der Waals surface area contributed by atoms with E-state index in [1.807, 2.05) is 0 Å². The Balaban J connectivity index is 1.62. The lowest BCUT2D eigenvalue weighted by Gasteiger charge is -2.26. The molecule has 2 aliphatic rings. The van der Waals surface area contributed by atoms with Crippen molar-refractivity contribution in [1.82, 2.24) is 10.2 Å². The van der Waals surface area contributed by atoms with E-state index in [4.69, 9.17) is 4.42 Å². The van der Waals surface area contributed by atoms with Crippen molar-refractivity contribution >= 4 is 17.8 Å². The highest BCUT2D eigenvalue weighted by Crippen LogP contribution is 2.31. The topological polar surface area (TPSA) is 99.8 Å². The van der Waals surface area contributed by atoms with Gasteiger partial charge in [0.25, 0.3) is 0 Å². The first-order valence-electron chi connectivity index (χ1n) is 7.86. The Morgan fingerprint density at radius 2 is 2.13 bits per heavy atom. The Labute approximate surface area is 133 Å². The summed E-state index contributed by atoms with van der Waals surface area (Å²) in [6.45, 7) is 0.626. The van der Waals surface area contributed by atoms with Crippen molar-refractivity contribution in [1.29, 1.82) is 0 Å². The standard InChI is InChI=1S/C16H20N2O5/c19-13-8-11(9-18(13)10-12-4-3-7-23-12)14(20)17-16(15(21)22)5-1-2-6-16/h3-4,7,11H,1-2,5-6,8-10H2,(H,17,20)(H,21,22)/t11-/m1/s1. The Hall–Kier alpha value is -2.31. The Bertz CT molecular complexity index is 604. The minimum atomic E-state index is -1.16. The summed E-state index contributed by atoms with van der Waals surface area (Å²) in [4.78, 5) is 37.6. The van der Waals surface area contributed by atoms with Gasteiger partial charge in [-0.25, -0.2) is 4.79 Å². The van der Waals surface area contributed by atoms with E-state index in [1.165, 1.54) is 6.26 Å². The lowest BCUT2D eigenvalue weighted by molar-refractivity contribution is -0.148. The second kappa shape index (κ2) is 6.06. The number of carbonyl (C=O) groups excluding carboxylic acids is 2. The molecule has 0 radical (unpaired) electrons. The molecule has 1 saturated carbocycles. The van der Waals surface area contributed by atoms with E-state index in [9.17, 15) is 19.5 Å². The van der Waals surface area contributed by atoms with Gasteiger partial charge < -0.3 is 19.7 Å². The molecule has 0 bridgehead atoms. The van der Waals surface area contributed by atoms with Crippen LogP contribution in [-0.2, 0) is 20.9 Å². The molecule has 0 spiro atoms. The van der Waals surface area contributed by atoms with Gasteiger partial charge in [0.1, 0.15) is 11.3 Å². The van der Waals surface area contributed by atoms with Gasteiger partial charge in [-0.2, -0.15) is 0 Å². The summed E-state index contributed by atoms with van der Waals surface area (Å²) in [6.07, 6.45) is 4.14. The van der Waals surface area contributed by atoms with Gasteiger partial charge in [0, 0.05) is 13.0 Å². The Morgan fingerprint density at radius 3 is 2.74 bits per heavy atom. The van der Waals surface area contributed by atoms with Crippen LogP contribution < -0.4 is 5.32 Å². The summed E-state index contributed by atoms with van der Waals surface area (Å²) in [6, 6.07) is 3.52. The summed E-state index contributed by atoms with van der Waals surface area (Å²) in [7, 11) is 0. The SMILES string of the molecule is O=C(NC1(C(=O)O)CCCC1)[C@@H]1CC(=O)N(Cc2ccco2)C1. The number of hydrogen-bond acceptors (Lipinski definition) is 4. The predicted octanol–water partition coefficient (Wildman–Crippen LogP) is 1.14. The number of carboxylic acids is 1. The number of rotatable bonds is 5. The molecule has 2 fully saturated rings. The third-order valence-electron chi connectivity index (χ3n) is 4.74. The van der Waals surface area contributed by atoms with E-state index in [2.05, 4.69) is 5.32 Å². The number of hydrogen-bond donors (Lipinski definition) is 2. The van der Waals surface area contributed by atoms with E-state index < -0.39 is 17.4 Å². The number of likely N-dealkylation sites (tertiary alicyclic amines) is 1. The van der Waals surface area contributed by atoms with Crippen molar-refractivity contribution < 1.29 is 23.9 Å². The molecule has 2 amide bonds. The van der Waals surface area contributed by atoms with Crippen LogP contribution >= 0.6 is 0 Å². The van der Waals surface area contributed by atoms with Crippen LogP contribution in [0.2, 0.25) is 0 Å². The molecular formula is C16H20N2O5. The normalized spacial score (nSPS) is 23.2. The average Bonchev–Trinajstić information content (AvgIpc) is 3.22. The third-order valence-corrected chi connectivity index (χ3v) is 4.74. The van der Waals surface area contributed by atoms with Crippen LogP contribution in [0.25, 0.3) is 0 Å². The molecule has 1 atom stereocenters. The summed E-state index contributed by atoms with van der Waals surface area (Å²) in [5, 5.41) is 12.1. The van der Waals surface area contributed by atoms with Gasteiger partial charge in [0.15, 0.2) is 0 Å². The van der Waals surface area contributed by atoms with Crippen LogP contribution in [0.3, 0.4) is 0 Å². The number of nitrogens with one attached hydrogen (secondary N) is 1. The fourth-order valence-corrected chi connectivity index (χ4v) is 3.40. The molecule has 2 N–H and O–H groups in total. The van der Waals surface area contributed by atoms with Crippen LogP contribution in [0.4, 0.5) is 0 Å². The third kappa shape index (κ3) is 3.09. The largest absolute Gasteiger partial charge is 0.480 e. The zero-order valence-corrected chi connectivity index (χ0v) is 12.8. The van der Waals surface area contributed by atoms with E-state index in [0.717, 1.165) is 12.8 Å². The number of aliphatic carboxylic acids is 1. The molecule has 124 valence electrons. The van der Waals surface area contributed by atoms with Crippen molar-refractivity contribution in [3.05, 3.63) is 24.2 Å². The monoisotopic (exact) mass is 320 g/mol. The summed E-state index contributed by atoms with van der Waals surface area (Å²) in [5.41, 5.74) is -1.16. The van der Waals surface area contributed by atoms with Gasteiger partial charge in [-0.15, -0.1) is 0 Å². The molecule has 23 heavy (non-hydrogen) atoms.